The van der Waals surface area contributed by atoms with Crippen LogP contribution in [0.25, 0.3) is 11.5 Å². The number of hydrogen-bond donors (Lipinski definition) is 2. The van der Waals surface area contributed by atoms with Gasteiger partial charge in [-0.25, -0.2) is 18.1 Å². The molecule has 1 saturated carbocycles. The van der Waals surface area contributed by atoms with Crippen LogP contribution >= 0.6 is 0 Å². The van der Waals surface area contributed by atoms with Crippen molar-refractivity contribution >= 4 is 15.7 Å². The van der Waals surface area contributed by atoms with Crippen molar-refractivity contribution in [1.29, 1.82) is 0 Å². The first-order chi connectivity index (χ1) is 12.8. The van der Waals surface area contributed by atoms with Crippen LogP contribution in [0, 0.1) is 12.8 Å². The summed E-state index contributed by atoms with van der Waals surface area (Å²) in [6.45, 7) is 6.22. The number of aromatic nitrogens is 1. The standard InChI is InChI=1S/C20H29N3O3S/c1-14(2)27(24,25)23-19-8-4-16(5-9-19)13-21-18-10-6-17(7-11-18)20-22-12-15(3)26-20/h6-7,10-12,14,16,19,21,23H,4-5,8-9,13H2,1-3H3. The van der Waals surface area contributed by atoms with E-state index in [0.717, 1.165) is 49.2 Å². The molecule has 1 aliphatic rings. The van der Waals surface area contributed by atoms with Crippen LogP contribution in [0.2, 0.25) is 0 Å². The molecule has 0 atom stereocenters. The van der Waals surface area contributed by atoms with Gasteiger partial charge in [0, 0.05) is 23.8 Å². The van der Waals surface area contributed by atoms with Crippen molar-refractivity contribution in [2.45, 2.75) is 57.7 Å². The van der Waals surface area contributed by atoms with Crippen LogP contribution in [-0.4, -0.2) is 31.2 Å². The van der Waals surface area contributed by atoms with E-state index in [9.17, 15) is 8.42 Å². The first-order valence-corrected chi connectivity index (χ1v) is 11.2. The number of rotatable bonds is 7. The summed E-state index contributed by atoms with van der Waals surface area (Å²) in [5, 5.41) is 3.12. The third-order valence-electron chi connectivity index (χ3n) is 5.15. The minimum Gasteiger partial charge on any atom is -0.441 e. The van der Waals surface area contributed by atoms with Crippen molar-refractivity contribution in [2.75, 3.05) is 11.9 Å². The lowest BCUT2D eigenvalue weighted by Crippen LogP contribution is -2.41. The van der Waals surface area contributed by atoms with E-state index >= 15 is 0 Å². The monoisotopic (exact) mass is 391 g/mol. The minimum atomic E-state index is -3.17. The molecule has 0 amide bonds. The molecule has 2 aromatic rings. The zero-order valence-corrected chi connectivity index (χ0v) is 17.1. The molecule has 0 radical (unpaired) electrons. The summed E-state index contributed by atoms with van der Waals surface area (Å²) in [6.07, 6.45) is 5.60. The first kappa shape index (κ1) is 19.9. The molecule has 0 aliphatic heterocycles. The summed E-state index contributed by atoms with van der Waals surface area (Å²) in [7, 11) is -3.17. The van der Waals surface area contributed by atoms with Gasteiger partial charge in [0.05, 0.1) is 11.4 Å². The lowest BCUT2D eigenvalue weighted by Gasteiger charge is -2.29. The maximum atomic E-state index is 12.0. The van der Waals surface area contributed by atoms with Crippen LogP contribution < -0.4 is 10.0 Å². The zero-order valence-electron chi connectivity index (χ0n) is 16.2. The Bertz CT molecular complexity index is 836. The molecule has 6 nitrogen and oxygen atoms in total. The fraction of sp³-hybridized carbons (Fsp3) is 0.550. The van der Waals surface area contributed by atoms with E-state index in [4.69, 9.17) is 4.42 Å². The van der Waals surface area contributed by atoms with Crippen molar-refractivity contribution in [1.82, 2.24) is 9.71 Å². The van der Waals surface area contributed by atoms with Crippen LogP contribution in [0.3, 0.4) is 0 Å². The number of oxazole rings is 1. The molecule has 7 heteroatoms. The molecule has 2 N–H and O–H groups in total. The molecule has 1 fully saturated rings. The Labute approximate surface area is 161 Å². The minimum absolute atomic E-state index is 0.0807. The normalized spacial score (nSPS) is 20.7. The van der Waals surface area contributed by atoms with E-state index in [1.54, 1.807) is 20.0 Å². The van der Waals surface area contributed by atoms with E-state index in [-0.39, 0.29) is 11.3 Å². The number of benzene rings is 1. The fourth-order valence-corrected chi connectivity index (χ4v) is 4.31. The Kier molecular flexibility index (Phi) is 6.22. The van der Waals surface area contributed by atoms with Gasteiger partial charge >= 0.3 is 0 Å². The lowest BCUT2D eigenvalue weighted by atomic mass is 9.86. The summed E-state index contributed by atoms with van der Waals surface area (Å²) in [5.74, 6) is 2.01. The smallest absolute Gasteiger partial charge is 0.226 e. The van der Waals surface area contributed by atoms with E-state index in [0.29, 0.717) is 11.8 Å². The highest BCUT2D eigenvalue weighted by Crippen LogP contribution is 2.26. The van der Waals surface area contributed by atoms with Gasteiger partial charge in [0.2, 0.25) is 15.9 Å². The maximum absolute atomic E-state index is 12.0. The molecule has 0 spiro atoms. The van der Waals surface area contributed by atoms with Gasteiger partial charge in [-0.05, 0) is 76.6 Å². The maximum Gasteiger partial charge on any atom is 0.226 e. The van der Waals surface area contributed by atoms with E-state index in [1.807, 2.05) is 31.2 Å². The second-order valence-corrected chi connectivity index (χ2v) is 9.93. The number of anilines is 1. The number of aryl methyl sites for hydroxylation is 1. The number of nitrogens with zero attached hydrogens (tertiary/aromatic N) is 1. The summed E-state index contributed by atoms with van der Waals surface area (Å²) in [4.78, 5) is 4.24. The molecule has 1 aliphatic carbocycles. The fourth-order valence-electron chi connectivity index (χ4n) is 3.33. The van der Waals surface area contributed by atoms with Crippen molar-refractivity contribution in [3.8, 4) is 11.5 Å². The average Bonchev–Trinajstić information content (AvgIpc) is 3.07. The molecule has 27 heavy (non-hydrogen) atoms. The Balaban J connectivity index is 1.45. The largest absolute Gasteiger partial charge is 0.441 e. The van der Waals surface area contributed by atoms with Crippen LogP contribution in [0.5, 0.6) is 0 Å². The molecule has 0 saturated heterocycles. The highest BCUT2D eigenvalue weighted by molar-refractivity contribution is 7.90. The van der Waals surface area contributed by atoms with E-state index < -0.39 is 10.0 Å². The molecule has 1 aromatic heterocycles. The van der Waals surface area contributed by atoms with Crippen LogP contribution in [0.4, 0.5) is 5.69 Å². The molecular weight excluding hydrogens is 362 g/mol. The van der Waals surface area contributed by atoms with Gasteiger partial charge in [-0.2, -0.15) is 0 Å². The summed E-state index contributed by atoms with van der Waals surface area (Å²) in [5.41, 5.74) is 2.04. The Hall–Kier alpha value is -1.86. The van der Waals surface area contributed by atoms with E-state index in [1.165, 1.54) is 0 Å². The highest BCUT2D eigenvalue weighted by Gasteiger charge is 2.26. The Morgan fingerprint density at radius 1 is 1.15 bits per heavy atom. The lowest BCUT2D eigenvalue weighted by molar-refractivity contribution is 0.323. The zero-order chi connectivity index (χ0) is 19.4. The highest BCUT2D eigenvalue weighted by atomic mass is 32.2. The molecule has 1 heterocycles. The Morgan fingerprint density at radius 2 is 1.81 bits per heavy atom. The van der Waals surface area contributed by atoms with E-state index in [2.05, 4.69) is 15.0 Å². The number of hydrogen-bond acceptors (Lipinski definition) is 5. The van der Waals surface area contributed by atoms with Gasteiger partial charge in [0.1, 0.15) is 5.76 Å². The third kappa shape index (κ3) is 5.32. The van der Waals surface area contributed by atoms with Gasteiger partial charge < -0.3 is 9.73 Å². The quantitative estimate of drug-likeness (QED) is 0.747. The molecule has 0 unspecified atom stereocenters. The van der Waals surface area contributed by atoms with Crippen molar-refractivity contribution in [2.24, 2.45) is 5.92 Å². The molecule has 3 rings (SSSR count). The third-order valence-corrected chi connectivity index (χ3v) is 7.05. The number of nitrogens with one attached hydrogen (secondary N) is 2. The second-order valence-electron chi connectivity index (χ2n) is 7.66. The molecule has 0 bridgehead atoms. The molecule has 1 aromatic carbocycles. The SMILES string of the molecule is Cc1cnc(-c2ccc(NCC3CCC(NS(=O)(=O)C(C)C)CC3)cc2)o1. The summed E-state index contributed by atoms with van der Waals surface area (Å²) >= 11 is 0. The van der Waals surface area contributed by atoms with Crippen molar-refractivity contribution < 1.29 is 12.8 Å². The van der Waals surface area contributed by atoms with Crippen molar-refractivity contribution in [3.05, 3.63) is 36.2 Å². The van der Waals surface area contributed by atoms with Gasteiger partial charge in [0.25, 0.3) is 0 Å². The average molecular weight is 392 g/mol. The van der Waals surface area contributed by atoms with Crippen LogP contribution in [0.1, 0.15) is 45.3 Å². The first-order valence-electron chi connectivity index (χ1n) is 9.61. The van der Waals surface area contributed by atoms with Crippen LogP contribution in [0.15, 0.2) is 34.9 Å². The van der Waals surface area contributed by atoms with Gasteiger partial charge in [-0.3, -0.25) is 0 Å². The Morgan fingerprint density at radius 3 is 2.37 bits per heavy atom. The molecular formula is C20H29N3O3S. The summed E-state index contributed by atoms with van der Waals surface area (Å²) < 4.78 is 32.4. The molecule has 148 valence electrons. The summed E-state index contributed by atoms with van der Waals surface area (Å²) in [6, 6.07) is 8.17. The van der Waals surface area contributed by atoms with Crippen molar-refractivity contribution in [3.63, 3.8) is 0 Å². The predicted molar refractivity (Wildman–Crippen MR) is 108 cm³/mol. The second kappa shape index (κ2) is 8.44. The number of sulfonamides is 1. The van der Waals surface area contributed by atoms with Crippen LogP contribution in [-0.2, 0) is 10.0 Å². The van der Waals surface area contributed by atoms with Gasteiger partial charge in [-0.1, -0.05) is 0 Å². The predicted octanol–water partition coefficient (Wildman–Crippen LogP) is 3.95. The van der Waals surface area contributed by atoms with Gasteiger partial charge in [0.15, 0.2) is 0 Å². The van der Waals surface area contributed by atoms with Gasteiger partial charge in [-0.15, -0.1) is 0 Å². The topological polar surface area (TPSA) is 84.2 Å².